The third kappa shape index (κ3) is 6.67. The Morgan fingerprint density at radius 3 is 2.48 bits per heavy atom. The monoisotopic (exact) mass is 348 g/mol. The molecule has 140 valence electrons. The molecule has 1 aromatic carbocycles. The second kappa shape index (κ2) is 10.4. The van der Waals surface area contributed by atoms with Crippen LogP contribution in [0.15, 0.2) is 24.3 Å². The first-order chi connectivity index (χ1) is 12.1. The van der Waals surface area contributed by atoms with Crippen molar-refractivity contribution >= 4 is 5.91 Å². The van der Waals surface area contributed by atoms with Crippen molar-refractivity contribution in [2.45, 2.75) is 25.7 Å². The Labute approximate surface area is 151 Å². The molecular weight excluding hydrogens is 316 g/mol. The quantitative estimate of drug-likeness (QED) is 0.687. The fourth-order valence-corrected chi connectivity index (χ4v) is 3.28. The number of rotatable bonds is 9. The standard InChI is InChI=1S/C20H32N2O3/c1-21-12-8-18(9-13-21)16-22(20(23)11-15-24-2)14-10-17-4-6-19(25-3)7-5-17/h4-7,18H,8-16H2,1-3H3. The molecule has 0 bridgehead atoms. The van der Waals surface area contributed by atoms with Crippen LogP contribution in [0.3, 0.4) is 0 Å². The molecule has 0 atom stereocenters. The summed E-state index contributed by atoms with van der Waals surface area (Å²) in [6.45, 7) is 4.38. The molecule has 1 aliphatic heterocycles. The van der Waals surface area contributed by atoms with E-state index in [9.17, 15) is 4.79 Å². The lowest BCUT2D eigenvalue weighted by Gasteiger charge is -2.33. The summed E-state index contributed by atoms with van der Waals surface area (Å²) in [5, 5.41) is 0. The number of carbonyl (C=O) groups is 1. The van der Waals surface area contributed by atoms with Gasteiger partial charge in [0.1, 0.15) is 5.75 Å². The van der Waals surface area contributed by atoms with Crippen molar-refractivity contribution in [1.82, 2.24) is 9.80 Å². The predicted octanol–water partition coefficient (Wildman–Crippen LogP) is 2.44. The minimum atomic E-state index is 0.203. The molecule has 25 heavy (non-hydrogen) atoms. The van der Waals surface area contributed by atoms with Gasteiger partial charge in [-0.15, -0.1) is 0 Å². The van der Waals surface area contributed by atoms with Crippen molar-refractivity contribution in [1.29, 1.82) is 0 Å². The Morgan fingerprint density at radius 2 is 1.88 bits per heavy atom. The highest BCUT2D eigenvalue weighted by Gasteiger charge is 2.22. The fraction of sp³-hybridized carbons (Fsp3) is 0.650. The van der Waals surface area contributed by atoms with Gasteiger partial charge >= 0.3 is 0 Å². The van der Waals surface area contributed by atoms with Crippen molar-refractivity contribution in [3.8, 4) is 5.75 Å². The molecule has 5 heteroatoms. The fourth-order valence-electron chi connectivity index (χ4n) is 3.28. The van der Waals surface area contributed by atoms with E-state index in [-0.39, 0.29) is 5.91 Å². The number of nitrogens with zero attached hydrogens (tertiary/aromatic N) is 2. The summed E-state index contributed by atoms with van der Waals surface area (Å²) in [5.74, 6) is 1.68. The molecule has 0 N–H and O–H groups in total. The molecule has 1 fully saturated rings. The first-order valence-corrected chi connectivity index (χ1v) is 9.20. The van der Waals surface area contributed by atoms with Gasteiger partial charge in [0.25, 0.3) is 0 Å². The second-order valence-corrected chi connectivity index (χ2v) is 6.93. The molecule has 0 spiro atoms. The van der Waals surface area contributed by atoms with Crippen LogP contribution in [0.25, 0.3) is 0 Å². The summed E-state index contributed by atoms with van der Waals surface area (Å²) in [5.41, 5.74) is 1.23. The number of likely N-dealkylation sites (tertiary alicyclic amines) is 1. The summed E-state index contributed by atoms with van der Waals surface area (Å²) in [6, 6.07) is 8.10. The molecule has 1 amide bonds. The Balaban J connectivity index is 1.91. The molecule has 0 radical (unpaired) electrons. The van der Waals surface area contributed by atoms with Gasteiger partial charge in [0.2, 0.25) is 5.91 Å². The lowest BCUT2D eigenvalue weighted by atomic mass is 9.96. The molecule has 1 heterocycles. The third-order valence-corrected chi connectivity index (χ3v) is 5.02. The van der Waals surface area contributed by atoms with Gasteiger partial charge in [-0.05, 0) is 63.0 Å². The molecule has 2 rings (SSSR count). The zero-order valence-corrected chi connectivity index (χ0v) is 15.9. The van der Waals surface area contributed by atoms with E-state index < -0.39 is 0 Å². The number of benzene rings is 1. The van der Waals surface area contributed by atoms with Crippen LogP contribution in [0.5, 0.6) is 5.75 Å². The van der Waals surface area contributed by atoms with E-state index in [0.717, 1.165) is 38.3 Å². The Bertz CT molecular complexity index is 510. The molecular formula is C20H32N2O3. The van der Waals surface area contributed by atoms with Crippen LogP contribution in [-0.2, 0) is 16.0 Å². The van der Waals surface area contributed by atoms with Crippen molar-refractivity contribution in [2.24, 2.45) is 5.92 Å². The largest absolute Gasteiger partial charge is 0.497 e. The smallest absolute Gasteiger partial charge is 0.224 e. The van der Waals surface area contributed by atoms with Gasteiger partial charge in [0, 0.05) is 20.2 Å². The molecule has 1 aromatic rings. The van der Waals surface area contributed by atoms with Gasteiger partial charge in [-0.1, -0.05) is 12.1 Å². The normalized spacial score (nSPS) is 16.0. The van der Waals surface area contributed by atoms with Crippen LogP contribution >= 0.6 is 0 Å². The van der Waals surface area contributed by atoms with Crippen molar-refractivity contribution in [2.75, 3.05) is 54.1 Å². The van der Waals surface area contributed by atoms with E-state index in [2.05, 4.69) is 24.1 Å². The summed E-state index contributed by atoms with van der Waals surface area (Å²) in [7, 11) is 5.49. The Morgan fingerprint density at radius 1 is 1.20 bits per heavy atom. The minimum absolute atomic E-state index is 0.203. The Kier molecular flexibility index (Phi) is 8.22. The van der Waals surface area contributed by atoms with Crippen LogP contribution in [0.2, 0.25) is 0 Å². The van der Waals surface area contributed by atoms with Crippen molar-refractivity contribution in [3.63, 3.8) is 0 Å². The number of methoxy groups -OCH3 is 2. The van der Waals surface area contributed by atoms with Crippen LogP contribution in [0.1, 0.15) is 24.8 Å². The SMILES string of the molecule is COCCC(=O)N(CCc1ccc(OC)cc1)CC1CCN(C)CC1. The van der Waals surface area contributed by atoms with Crippen molar-refractivity contribution < 1.29 is 14.3 Å². The maximum Gasteiger partial charge on any atom is 0.224 e. The zero-order valence-electron chi connectivity index (χ0n) is 15.9. The van der Waals surface area contributed by atoms with E-state index in [0.29, 0.717) is 18.9 Å². The average Bonchev–Trinajstić information content (AvgIpc) is 2.65. The van der Waals surface area contributed by atoms with Crippen molar-refractivity contribution in [3.05, 3.63) is 29.8 Å². The molecule has 0 unspecified atom stereocenters. The van der Waals surface area contributed by atoms with Gasteiger partial charge in [0.05, 0.1) is 20.1 Å². The molecule has 5 nitrogen and oxygen atoms in total. The molecule has 1 aliphatic rings. The highest BCUT2D eigenvalue weighted by atomic mass is 16.5. The number of piperidine rings is 1. The first-order valence-electron chi connectivity index (χ1n) is 9.20. The lowest BCUT2D eigenvalue weighted by molar-refractivity contribution is -0.133. The average molecular weight is 348 g/mol. The molecule has 1 saturated heterocycles. The topological polar surface area (TPSA) is 42.0 Å². The number of carbonyl (C=O) groups excluding carboxylic acids is 1. The van der Waals surface area contributed by atoms with Crippen LogP contribution in [-0.4, -0.2) is 69.8 Å². The predicted molar refractivity (Wildman–Crippen MR) is 100.0 cm³/mol. The highest BCUT2D eigenvalue weighted by Crippen LogP contribution is 2.18. The van der Waals surface area contributed by atoms with Crippen LogP contribution in [0.4, 0.5) is 0 Å². The Hall–Kier alpha value is -1.59. The number of hydrogen-bond acceptors (Lipinski definition) is 4. The van der Waals surface area contributed by atoms with Crippen LogP contribution < -0.4 is 4.74 Å². The number of amides is 1. The summed E-state index contributed by atoms with van der Waals surface area (Å²) >= 11 is 0. The van der Waals surface area contributed by atoms with Gasteiger partial charge in [-0.2, -0.15) is 0 Å². The third-order valence-electron chi connectivity index (χ3n) is 5.02. The summed E-state index contributed by atoms with van der Waals surface area (Å²) in [6.07, 6.45) is 3.68. The van der Waals surface area contributed by atoms with E-state index in [1.165, 1.54) is 18.4 Å². The van der Waals surface area contributed by atoms with E-state index in [1.807, 2.05) is 17.0 Å². The summed E-state index contributed by atoms with van der Waals surface area (Å²) < 4.78 is 10.3. The minimum Gasteiger partial charge on any atom is -0.497 e. The molecule has 0 aromatic heterocycles. The van der Waals surface area contributed by atoms with Crippen LogP contribution in [0, 0.1) is 5.92 Å². The molecule has 0 saturated carbocycles. The number of ether oxygens (including phenoxy) is 2. The second-order valence-electron chi connectivity index (χ2n) is 6.93. The van der Waals surface area contributed by atoms with Gasteiger partial charge in [-0.3, -0.25) is 4.79 Å². The van der Waals surface area contributed by atoms with Gasteiger partial charge in [0.15, 0.2) is 0 Å². The van der Waals surface area contributed by atoms with Gasteiger partial charge < -0.3 is 19.3 Å². The van der Waals surface area contributed by atoms with Gasteiger partial charge in [-0.25, -0.2) is 0 Å². The molecule has 0 aliphatic carbocycles. The first kappa shape index (κ1) is 19.7. The van der Waals surface area contributed by atoms with E-state index >= 15 is 0 Å². The summed E-state index contributed by atoms with van der Waals surface area (Å²) in [4.78, 5) is 17.0. The van der Waals surface area contributed by atoms with E-state index in [1.54, 1.807) is 14.2 Å². The lowest BCUT2D eigenvalue weighted by Crippen LogP contribution is -2.41. The zero-order chi connectivity index (χ0) is 18.1. The maximum absolute atomic E-state index is 12.6. The van der Waals surface area contributed by atoms with E-state index in [4.69, 9.17) is 9.47 Å². The highest BCUT2D eigenvalue weighted by molar-refractivity contribution is 5.76. The number of hydrogen-bond donors (Lipinski definition) is 0. The maximum atomic E-state index is 12.6.